The summed E-state index contributed by atoms with van der Waals surface area (Å²) in [5, 5.41) is 0. The molecule has 0 radical (unpaired) electrons. The van der Waals surface area contributed by atoms with Crippen molar-refractivity contribution in [2.24, 2.45) is 0 Å². The first-order valence-corrected chi connectivity index (χ1v) is 9.49. The minimum atomic E-state index is -6.97. The van der Waals surface area contributed by atoms with Crippen LogP contribution in [-0.4, -0.2) is 18.0 Å². The van der Waals surface area contributed by atoms with Crippen LogP contribution >= 0.6 is 0 Å². The van der Waals surface area contributed by atoms with E-state index >= 15 is 0 Å². The highest BCUT2D eigenvalue weighted by atomic mass is 19.4. The van der Waals surface area contributed by atoms with Gasteiger partial charge in [-0.25, -0.2) is 0 Å². The maximum Gasteiger partial charge on any atom is 0.460 e. The average Bonchev–Trinajstić information content (AvgIpc) is 2.76. The van der Waals surface area contributed by atoms with Crippen molar-refractivity contribution in [3.8, 4) is 11.1 Å². The van der Waals surface area contributed by atoms with Crippen molar-refractivity contribution in [2.45, 2.75) is 23.9 Å². The molecule has 0 fully saturated rings. The van der Waals surface area contributed by atoms with E-state index in [-0.39, 0.29) is 6.07 Å². The summed E-state index contributed by atoms with van der Waals surface area (Å²) in [6.45, 7) is 0. The number of hydrogen-bond donors (Lipinski definition) is 4. The molecule has 0 aliphatic rings. The van der Waals surface area contributed by atoms with E-state index in [0.717, 1.165) is 28.6 Å². The van der Waals surface area contributed by atoms with E-state index in [1.54, 1.807) is 0 Å². The van der Waals surface area contributed by atoms with Gasteiger partial charge in [0.25, 0.3) is 0 Å². The zero-order valence-electron chi connectivity index (χ0n) is 17.6. The molecule has 8 N–H and O–H groups in total. The Morgan fingerprint density at radius 2 is 0.829 bits per heavy atom. The number of hydrogen-bond acceptors (Lipinski definition) is 4. The molecule has 0 saturated heterocycles. The van der Waals surface area contributed by atoms with Gasteiger partial charge in [-0.05, 0) is 53.6 Å². The minimum Gasteiger partial charge on any atom is -0.399 e. The number of alkyl halides is 9. The molecule has 0 saturated carbocycles. The molecule has 0 aliphatic heterocycles. The van der Waals surface area contributed by atoms with Gasteiger partial charge in [-0.2, -0.15) is 39.5 Å². The lowest BCUT2D eigenvalue weighted by Crippen LogP contribution is -2.59. The van der Waals surface area contributed by atoms with Gasteiger partial charge in [-0.15, -0.1) is 0 Å². The molecular weight excluding hydrogens is 491 g/mol. The van der Waals surface area contributed by atoms with Gasteiger partial charge in [0.05, 0.1) is 5.56 Å². The quantitative estimate of drug-likeness (QED) is 0.245. The largest absolute Gasteiger partial charge is 0.460 e. The molecule has 0 atom stereocenters. The van der Waals surface area contributed by atoms with Crippen LogP contribution in [0.15, 0.2) is 66.7 Å². The van der Waals surface area contributed by atoms with Crippen molar-refractivity contribution in [1.82, 2.24) is 0 Å². The monoisotopic (exact) mass is 510 g/mol. The zero-order chi connectivity index (χ0) is 26.8. The summed E-state index contributed by atoms with van der Waals surface area (Å²) >= 11 is 0. The number of benzene rings is 3. The summed E-state index contributed by atoms with van der Waals surface area (Å²) in [6.07, 6.45) is -6.88. The highest BCUT2D eigenvalue weighted by Gasteiger charge is 2.82. The van der Waals surface area contributed by atoms with E-state index in [0.29, 0.717) is 6.07 Å². The molecule has 3 rings (SSSR count). The number of rotatable bonds is 4. The number of anilines is 4. The molecule has 13 heteroatoms. The molecule has 0 aliphatic carbocycles. The molecule has 0 bridgehead atoms. The third kappa shape index (κ3) is 5.49. The summed E-state index contributed by atoms with van der Waals surface area (Å²) in [5.74, 6) is -19.6. The number of nitrogens with two attached hydrogens (primary N) is 4. The summed E-state index contributed by atoms with van der Waals surface area (Å²) in [4.78, 5) is 0. The normalized spacial score (nSPS) is 12.6. The molecule has 0 spiro atoms. The Labute approximate surface area is 193 Å². The predicted octanol–water partition coefficient (Wildman–Crippen LogP) is 6.29. The van der Waals surface area contributed by atoms with Crippen molar-refractivity contribution in [2.75, 3.05) is 22.9 Å². The lowest BCUT2D eigenvalue weighted by Gasteiger charge is -2.34. The first kappa shape index (κ1) is 27.5. The van der Waals surface area contributed by atoms with Crippen LogP contribution in [0.2, 0.25) is 0 Å². The molecule has 190 valence electrons. The molecule has 0 unspecified atom stereocenters. The van der Waals surface area contributed by atoms with Crippen molar-refractivity contribution in [3.05, 3.63) is 72.3 Å². The van der Waals surface area contributed by atoms with Gasteiger partial charge < -0.3 is 22.9 Å². The highest BCUT2D eigenvalue weighted by molar-refractivity contribution is 5.67. The smallest absolute Gasteiger partial charge is 0.399 e. The minimum absolute atomic E-state index is 0.107. The van der Waals surface area contributed by atoms with Crippen molar-refractivity contribution in [1.29, 1.82) is 0 Å². The zero-order valence-corrected chi connectivity index (χ0v) is 17.6. The lowest BCUT2D eigenvalue weighted by molar-refractivity contribution is -0.399. The first-order valence-electron chi connectivity index (χ1n) is 9.49. The van der Waals surface area contributed by atoms with Crippen LogP contribution in [0.5, 0.6) is 0 Å². The summed E-state index contributed by atoms with van der Waals surface area (Å²) < 4.78 is 115. The van der Waals surface area contributed by atoms with Gasteiger partial charge in [0.2, 0.25) is 0 Å². The fraction of sp³-hybridized carbons (Fsp3) is 0.182. The molecule has 35 heavy (non-hydrogen) atoms. The van der Waals surface area contributed by atoms with Gasteiger partial charge in [0.15, 0.2) is 0 Å². The van der Waals surface area contributed by atoms with Crippen molar-refractivity contribution < 1.29 is 39.5 Å². The molecule has 3 aromatic rings. The SMILES string of the molecule is Nc1ccc(-c2ccc(N)cc2)cc1.Nc1ccc(N)c(C(F)(F)C(F)(F)C(F)(F)C(F)(F)F)c1. The van der Waals surface area contributed by atoms with Crippen LogP contribution in [0.25, 0.3) is 11.1 Å². The Morgan fingerprint density at radius 1 is 0.457 bits per heavy atom. The third-order valence-corrected chi connectivity index (χ3v) is 4.72. The second kappa shape index (κ2) is 9.47. The molecule has 0 amide bonds. The number of nitrogen functional groups attached to an aromatic ring is 4. The summed E-state index contributed by atoms with van der Waals surface area (Å²) in [6, 6.07) is 17.2. The van der Waals surface area contributed by atoms with Crippen LogP contribution in [0.3, 0.4) is 0 Å². The molecule has 4 nitrogen and oxygen atoms in total. The maximum atomic E-state index is 13.5. The Kier molecular flexibility index (Phi) is 7.43. The van der Waals surface area contributed by atoms with E-state index in [1.165, 1.54) is 0 Å². The van der Waals surface area contributed by atoms with E-state index in [4.69, 9.17) is 22.9 Å². The van der Waals surface area contributed by atoms with Crippen LogP contribution in [-0.2, 0) is 5.92 Å². The van der Waals surface area contributed by atoms with Crippen molar-refractivity contribution in [3.63, 3.8) is 0 Å². The van der Waals surface area contributed by atoms with Gasteiger partial charge in [-0.1, -0.05) is 24.3 Å². The summed E-state index contributed by atoms with van der Waals surface area (Å²) in [5.41, 5.74) is 21.4. The van der Waals surface area contributed by atoms with Gasteiger partial charge in [0.1, 0.15) is 0 Å². The average molecular weight is 510 g/mol. The Hall–Kier alpha value is -3.77. The fourth-order valence-electron chi connectivity index (χ4n) is 2.74. The topological polar surface area (TPSA) is 104 Å². The van der Waals surface area contributed by atoms with E-state index in [1.807, 2.05) is 48.5 Å². The first-order chi connectivity index (χ1) is 15.9. The van der Waals surface area contributed by atoms with Gasteiger partial charge in [-0.3, -0.25) is 0 Å². The Balaban J connectivity index is 0.000000266. The second-order valence-corrected chi connectivity index (χ2v) is 7.31. The Morgan fingerprint density at radius 3 is 1.20 bits per heavy atom. The third-order valence-electron chi connectivity index (χ3n) is 4.72. The van der Waals surface area contributed by atoms with E-state index in [9.17, 15) is 39.5 Å². The number of halogens is 9. The van der Waals surface area contributed by atoms with Crippen molar-refractivity contribution >= 4 is 22.7 Å². The standard InChI is InChI=1S/C12H12N2.C10H7F9N2/c13-11-5-1-9(2-6-11)10-3-7-12(14)8-4-10;11-7(12,5-3-4(20)1-2-6(5)21)8(13,14)9(15,16)10(17,18)19/h1-8H,13-14H2;1-3H,20-21H2. The lowest BCUT2D eigenvalue weighted by atomic mass is 9.95. The molecular formula is C22H19F9N4. The van der Waals surface area contributed by atoms with Gasteiger partial charge >= 0.3 is 23.9 Å². The predicted molar refractivity (Wildman–Crippen MR) is 116 cm³/mol. The Bertz CT molecular complexity index is 1100. The fourth-order valence-corrected chi connectivity index (χ4v) is 2.74. The van der Waals surface area contributed by atoms with Crippen LogP contribution < -0.4 is 22.9 Å². The summed E-state index contributed by atoms with van der Waals surface area (Å²) in [7, 11) is 0. The van der Waals surface area contributed by atoms with E-state index < -0.39 is 40.9 Å². The van der Waals surface area contributed by atoms with Crippen LogP contribution in [0.4, 0.5) is 62.3 Å². The molecule has 3 aromatic carbocycles. The second-order valence-electron chi connectivity index (χ2n) is 7.31. The van der Waals surface area contributed by atoms with Crippen LogP contribution in [0.1, 0.15) is 5.56 Å². The van der Waals surface area contributed by atoms with Gasteiger partial charge in [0, 0.05) is 22.7 Å². The molecule has 0 heterocycles. The highest BCUT2D eigenvalue weighted by Crippen LogP contribution is 2.57. The van der Waals surface area contributed by atoms with Crippen LogP contribution in [0, 0.1) is 0 Å². The van der Waals surface area contributed by atoms with E-state index in [2.05, 4.69) is 0 Å². The molecule has 0 aromatic heterocycles. The maximum absolute atomic E-state index is 13.5.